The summed E-state index contributed by atoms with van der Waals surface area (Å²) in [6, 6.07) is 14.7. The summed E-state index contributed by atoms with van der Waals surface area (Å²) in [5.74, 6) is 0.683. The van der Waals surface area contributed by atoms with E-state index in [1.165, 1.54) is 10.7 Å². The van der Waals surface area contributed by atoms with Gasteiger partial charge in [-0.15, -0.1) is 11.3 Å². The number of hydrogen-bond donors (Lipinski definition) is 1. The SMILES string of the molecule is COc1ccccc1CNC(=O)CCCn1nc(-c2cccs2)ccc1=O. The van der Waals surface area contributed by atoms with E-state index in [2.05, 4.69) is 10.4 Å². The molecule has 6 nitrogen and oxygen atoms in total. The quantitative estimate of drug-likeness (QED) is 0.649. The van der Waals surface area contributed by atoms with Crippen LogP contribution in [0.15, 0.2) is 58.7 Å². The number of methoxy groups -OCH3 is 1. The van der Waals surface area contributed by atoms with Crippen LogP contribution >= 0.6 is 11.3 Å². The van der Waals surface area contributed by atoms with Gasteiger partial charge in [0.1, 0.15) is 11.4 Å². The maximum absolute atomic E-state index is 12.1. The molecule has 0 fully saturated rings. The van der Waals surface area contributed by atoms with Gasteiger partial charge in [0.2, 0.25) is 5.91 Å². The van der Waals surface area contributed by atoms with Crippen molar-refractivity contribution >= 4 is 17.2 Å². The Kier molecular flexibility index (Phi) is 6.38. The van der Waals surface area contributed by atoms with E-state index in [0.29, 0.717) is 25.9 Å². The van der Waals surface area contributed by atoms with E-state index in [1.807, 2.05) is 41.8 Å². The molecule has 3 aromatic rings. The van der Waals surface area contributed by atoms with E-state index in [4.69, 9.17) is 4.74 Å². The Labute approximate surface area is 161 Å². The molecule has 0 bridgehead atoms. The lowest BCUT2D eigenvalue weighted by Crippen LogP contribution is -2.25. The Balaban J connectivity index is 1.51. The summed E-state index contributed by atoms with van der Waals surface area (Å²) in [4.78, 5) is 25.1. The molecule has 7 heteroatoms. The summed E-state index contributed by atoms with van der Waals surface area (Å²) >= 11 is 1.57. The van der Waals surface area contributed by atoms with Gasteiger partial charge in [0.15, 0.2) is 0 Å². The highest BCUT2D eigenvalue weighted by Crippen LogP contribution is 2.21. The van der Waals surface area contributed by atoms with Crippen molar-refractivity contribution in [3.8, 4) is 16.3 Å². The zero-order valence-corrected chi connectivity index (χ0v) is 15.9. The molecule has 1 aromatic carbocycles. The molecule has 0 unspecified atom stereocenters. The van der Waals surface area contributed by atoms with Crippen molar-refractivity contribution in [1.82, 2.24) is 15.1 Å². The Morgan fingerprint density at radius 1 is 1.19 bits per heavy atom. The number of rotatable bonds is 8. The molecule has 1 amide bonds. The normalized spacial score (nSPS) is 10.6. The lowest BCUT2D eigenvalue weighted by atomic mass is 10.2. The summed E-state index contributed by atoms with van der Waals surface area (Å²) in [7, 11) is 1.61. The molecule has 0 spiro atoms. The molecule has 0 aliphatic heterocycles. The van der Waals surface area contributed by atoms with Gasteiger partial charge in [-0.3, -0.25) is 9.59 Å². The van der Waals surface area contributed by atoms with Crippen LogP contribution in [0.3, 0.4) is 0 Å². The van der Waals surface area contributed by atoms with Gasteiger partial charge in [-0.2, -0.15) is 5.10 Å². The second-order valence-corrected chi connectivity index (χ2v) is 6.90. The number of para-hydroxylation sites is 1. The van der Waals surface area contributed by atoms with Gasteiger partial charge < -0.3 is 10.1 Å². The van der Waals surface area contributed by atoms with Crippen LogP contribution in [-0.2, 0) is 17.9 Å². The van der Waals surface area contributed by atoms with Crippen LogP contribution in [0.4, 0.5) is 0 Å². The molecule has 0 radical (unpaired) electrons. The number of nitrogens with one attached hydrogen (secondary N) is 1. The van der Waals surface area contributed by atoms with Crippen molar-refractivity contribution in [2.45, 2.75) is 25.9 Å². The predicted molar refractivity (Wildman–Crippen MR) is 106 cm³/mol. The molecule has 0 aliphatic carbocycles. The third kappa shape index (κ3) is 5.04. The van der Waals surface area contributed by atoms with Crippen LogP contribution in [0, 0.1) is 0 Å². The first-order chi connectivity index (χ1) is 13.2. The largest absolute Gasteiger partial charge is 0.496 e. The summed E-state index contributed by atoms with van der Waals surface area (Å²) in [5, 5.41) is 9.25. The molecular weight excluding hydrogens is 362 g/mol. The van der Waals surface area contributed by atoms with Crippen molar-refractivity contribution in [2.75, 3.05) is 7.11 Å². The topological polar surface area (TPSA) is 73.2 Å². The molecule has 140 valence electrons. The molecule has 0 saturated heterocycles. The lowest BCUT2D eigenvalue weighted by molar-refractivity contribution is -0.121. The van der Waals surface area contributed by atoms with Crippen molar-refractivity contribution < 1.29 is 9.53 Å². The van der Waals surface area contributed by atoms with E-state index in [-0.39, 0.29) is 11.5 Å². The fraction of sp³-hybridized carbons (Fsp3) is 0.250. The molecule has 2 aromatic heterocycles. The van der Waals surface area contributed by atoms with Crippen molar-refractivity contribution in [2.24, 2.45) is 0 Å². The fourth-order valence-electron chi connectivity index (χ4n) is 2.69. The van der Waals surface area contributed by atoms with Crippen LogP contribution < -0.4 is 15.6 Å². The summed E-state index contributed by atoms with van der Waals surface area (Å²) in [5.41, 5.74) is 1.53. The summed E-state index contributed by atoms with van der Waals surface area (Å²) in [6.45, 7) is 0.815. The second kappa shape index (κ2) is 9.14. The minimum atomic E-state index is -0.162. The third-order valence-electron chi connectivity index (χ3n) is 4.08. The van der Waals surface area contributed by atoms with Crippen LogP contribution in [0.1, 0.15) is 18.4 Å². The molecule has 27 heavy (non-hydrogen) atoms. The maximum atomic E-state index is 12.1. The molecule has 0 atom stereocenters. The van der Waals surface area contributed by atoms with Gasteiger partial charge in [0.25, 0.3) is 5.56 Å². The van der Waals surface area contributed by atoms with Gasteiger partial charge in [0, 0.05) is 31.1 Å². The van der Waals surface area contributed by atoms with Crippen molar-refractivity contribution in [1.29, 1.82) is 0 Å². The van der Waals surface area contributed by atoms with Gasteiger partial charge in [-0.1, -0.05) is 24.3 Å². The number of nitrogens with zero attached hydrogens (tertiary/aromatic N) is 2. The Hall–Kier alpha value is -2.93. The average Bonchev–Trinajstić information content (AvgIpc) is 3.23. The maximum Gasteiger partial charge on any atom is 0.266 e. The smallest absolute Gasteiger partial charge is 0.266 e. The average molecular weight is 383 g/mol. The second-order valence-electron chi connectivity index (χ2n) is 5.95. The number of benzene rings is 1. The van der Waals surface area contributed by atoms with E-state index in [9.17, 15) is 9.59 Å². The van der Waals surface area contributed by atoms with Gasteiger partial charge >= 0.3 is 0 Å². The van der Waals surface area contributed by atoms with Crippen molar-refractivity contribution in [3.05, 3.63) is 69.8 Å². The van der Waals surface area contributed by atoms with Crippen LogP contribution in [-0.4, -0.2) is 22.8 Å². The number of aryl methyl sites for hydroxylation is 1. The number of amides is 1. The summed E-state index contributed by atoms with van der Waals surface area (Å²) in [6.07, 6.45) is 0.866. The molecule has 1 N–H and O–H groups in total. The van der Waals surface area contributed by atoms with E-state index < -0.39 is 0 Å². The third-order valence-corrected chi connectivity index (χ3v) is 4.97. The van der Waals surface area contributed by atoms with E-state index in [0.717, 1.165) is 21.9 Å². The molecule has 3 rings (SSSR count). The van der Waals surface area contributed by atoms with E-state index >= 15 is 0 Å². The number of ether oxygens (including phenoxy) is 1. The van der Waals surface area contributed by atoms with Crippen molar-refractivity contribution in [3.63, 3.8) is 0 Å². The first-order valence-corrected chi connectivity index (χ1v) is 9.56. The number of thiophene rings is 1. The lowest BCUT2D eigenvalue weighted by Gasteiger charge is -2.10. The van der Waals surface area contributed by atoms with Crippen LogP contribution in [0.5, 0.6) is 5.75 Å². The monoisotopic (exact) mass is 383 g/mol. The summed E-state index contributed by atoms with van der Waals surface area (Å²) < 4.78 is 6.69. The van der Waals surface area contributed by atoms with Gasteiger partial charge in [0.05, 0.1) is 12.0 Å². The molecule has 0 saturated carbocycles. The highest BCUT2D eigenvalue weighted by atomic mass is 32.1. The molecule has 2 heterocycles. The minimum absolute atomic E-state index is 0.0663. The van der Waals surface area contributed by atoms with Gasteiger partial charge in [-0.05, 0) is 30.0 Å². The molecular formula is C20H21N3O3S. The number of carbonyl (C=O) groups is 1. The first kappa shape index (κ1) is 18.8. The van der Waals surface area contributed by atoms with E-state index in [1.54, 1.807) is 24.5 Å². The number of hydrogen-bond acceptors (Lipinski definition) is 5. The van der Waals surface area contributed by atoms with Crippen LogP contribution in [0.2, 0.25) is 0 Å². The Morgan fingerprint density at radius 3 is 2.81 bits per heavy atom. The predicted octanol–water partition coefficient (Wildman–Crippen LogP) is 3.08. The first-order valence-electron chi connectivity index (χ1n) is 8.68. The fourth-order valence-corrected chi connectivity index (χ4v) is 3.38. The Bertz CT molecular complexity index is 951. The zero-order valence-electron chi connectivity index (χ0n) is 15.1. The highest BCUT2D eigenvalue weighted by molar-refractivity contribution is 7.13. The van der Waals surface area contributed by atoms with Gasteiger partial charge in [-0.25, -0.2) is 4.68 Å². The molecule has 0 aliphatic rings. The number of aromatic nitrogens is 2. The Morgan fingerprint density at radius 2 is 2.04 bits per heavy atom. The minimum Gasteiger partial charge on any atom is -0.496 e. The standard InChI is InChI=1S/C20H21N3O3S/c1-26-17-7-3-2-6-15(17)14-21-19(24)9-4-12-23-20(25)11-10-16(22-23)18-8-5-13-27-18/h2-3,5-8,10-11,13H,4,9,12,14H2,1H3,(H,21,24). The zero-order chi connectivity index (χ0) is 19.1. The number of carbonyl (C=O) groups excluding carboxylic acids is 1. The highest BCUT2D eigenvalue weighted by Gasteiger charge is 2.07. The van der Waals surface area contributed by atoms with Crippen LogP contribution in [0.25, 0.3) is 10.6 Å².